The van der Waals surface area contributed by atoms with E-state index in [0.29, 0.717) is 24.1 Å². The van der Waals surface area contributed by atoms with Gasteiger partial charge in [0.05, 0.1) is 12.7 Å². The van der Waals surface area contributed by atoms with Gasteiger partial charge < -0.3 is 15.5 Å². The second-order valence-corrected chi connectivity index (χ2v) is 6.36. The fraction of sp³-hybridized carbons (Fsp3) is 0.368. The molecular formula is C19H22N2O3. The van der Waals surface area contributed by atoms with Crippen molar-refractivity contribution in [1.29, 1.82) is 0 Å². The average Bonchev–Trinajstić information content (AvgIpc) is 2.59. The van der Waals surface area contributed by atoms with Gasteiger partial charge in [-0.25, -0.2) is 0 Å². The van der Waals surface area contributed by atoms with Gasteiger partial charge >= 0.3 is 0 Å². The average molecular weight is 326 g/mol. The van der Waals surface area contributed by atoms with Crippen molar-refractivity contribution >= 4 is 5.91 Å². The normalized spacial score (nSPS) is 20.9. The Balaban J connectivity index is 1.72. The molecule has 5 nitrogen and oxygen atoms in total. The highest BCUT2D eigenvalue weighted by Gasteiger charge is 2.35. The Morgan fingerprint density at radius 3 is 2.62 bits per heavy atom. The maximum atomic E-state index is 12.5. The van der Waals surface area contributed by atoms with Crippen LogP contribution in [0.5, 0.6) is 0 Å². The molecule has 1 aromatic heterocycles. The molecule has 1 atom stereocenters. The molecular weight excluding hydrogens is 304 g/mol. The number of benzene rings is 1. The summed E-state index contributed by atoms with van der Waals surface area (Å²) in [6.45, 7) is -0.120. The maximum absolute atomic E-state index is 12.5. The lowest BCUT2D eigenvalue weighted by molar-refractivity contribution is 0.0239. The van der Waals surface area contributed by atoms with Crippen LogP contribution >= 0.6 is 0 Å². The number of aliphatic hydroxyl groups is 2. The van der Waals surface area contributed by atoms with E-state index in [-0.39, 0.29) is 30.6 Å². The zero-order chi connectivity index (χ0) is 16.9. The number of aliphatic hydroxyl groups excluding tert-OH is 2. The summed E-state index contributed by atoms with van der Waals surface area (Å²) in [5, 5.41) is 21.9. The Morgan fingerprint density at radius 2 is 1.96 bits per heavy atom. The number of carbonyl (C=O) groups is 1. The molecule has 0 spiro atoms. The van der Waals surface area contributed by atoms with Crippen LogP contribution in [0.3, 0.4) is 0 Å². The zero-order valence-corrected chi connectivity index (χ0v) is 13.4. The molecule has 1 aromatic carbocycles. The number of pyridine rings is 1. The molecule has 5 heteroatoms. The lowest BCUT2D eigenvalue weighted by atomic mass is 9.75. The Bertz CT molecular complexity index is 684. The van der Waals surface area contributed by atoms with Crippen LogP contribution in [0.25, 0.3) is 0 Å². The molecule has 1 amide bonds. The molecule has 24 heavy (non-hydrogen) atoms. The van der Waals surface area contributed by atoms with Gasteiger partial charge in [-0.05, 0) is 48.4 Å². The number of nitrogens with one attached hydrogen (secondary N) is 1. The smallest absolute Gasteiger partial charge is 0.270 e. The second-order valence-electron chi connectivity index (χ2n) is 6.36. The molecule has 1 aliphatic carbocycles. The molecule has 1 heterocycles. The molecule has 0 saturated heterocycles. The van der Waals surface area contributed by atoms with Crippen LogP contribution in [-0.2, 0) is 13.0 Å². The van der Waals surface area contributed by atoms with E-state index in [1.54, 1.807) is 12.1 Å². The van der Waals surface area contributed by atoms with Gasteiger partial charge in [-0.2, -0.15) is 0 Å². The first-order valence-electron chi connectivity index (χ1n) is 8.24. The van der Waals surface area contributed by atoms with Crippen LogP contribution in [-0.4, -0.2) is 33.3 Å². The highest BCUT2D eigenvalue weighted by atomic mass is 16.3. The molecule has 1 saturated carbocycles. The highest BCUT2D eigenvalue weighted by Crippen LogP contribution is 2.31. The van der Waals surface area contributed by atoms with Crippen LogP contribution in [0.15, 0.2) is 48.7 Å². The molecule has 3 rings (SSSR count). The Morgan fingerprint density at radius 1 is 1.21 bits per heavy atom. The predicted octanol–water partition coefficient (Wildman–Crippen LogP) is 1.69. The van der Waals surface area contributed by atoms with E-state index in [2.05, 4.69) is 10.3 Å². The molecule has 0 aliphatic heterocycles. The van der Waals surface area contributed by atoms with E-state index >= 15 is 0 Å². The van der Waals surface area contributed by atoms with E-state index in [1.807, 2.05) is 30.3 Å². The Kier molecular flexibility index (Phi) is 5.23. The van der Waals surface area contributed by atoms with E-state index in [1.165, 1.54) is 6.20 Å². The van der Waals surface area contributed by atoms with E-state index in [0.717, 1.165) is 12.0 Å². The van der Waals surface area contributed by atoms with Crippen molar-refractivity contribution in [3.05, 3.63) is 65.5 Å². The maximum Gasteiger partial charge on any atom is 0.270 e. The van der Waals surface area contributed by atoms with Gasteiger partial charge in [0.15, 0.2) is 0 Å². The monoisotopic (exact) mass is 326 g/mol. The van der Waals surface area contributed by atoms with Crippen molar-refractivity contribution in [2.75, 3.05) is 0 Å². The lowest BCUT2D eigenvalue weighted by Gasteiger charge is -2.38. The van der Waals surface area contributed by atoms with Gasteiger partial charge in [0.25, 0.3) is 5.91 Å². The third-order valence-corrected chi connectivity index (χ3v) is 4.57. The largest absolute Gasteiger partial charge is 0.393 e. The summed E-state index contributed by atoms with van der Waals surface area (Å²) in [5.41, 5.74) is 2.12. The van der Waals surface area contributed by atoms with Crippen molar-refractivity contribution in [2.45, 2.75) is 38.0 Å². The quantitative estimate of drug-likeness (QED) is 0.754. The summed E-state index contributed by atoms with van der Waals surface area (Å²) in [7, 11) is 0. The van der Waals surface area contributed by atoms with Crippen molar-refractivity contribution in [1.82, 2.24) is 10.3 Å². The van der Waals surface area contributed by atoms with E-state index in [4.69, 9.17) is 0 Å². The van der Waals surface area contributed by atoms with Gasteiger partial charge in [-0.15, -0.1) is 0 Å². The van der Waals surface area contributed by atoms with Gasteiger partial charge in [-0.3, -0.25) is 9.78 Å². The third kappa shape index (κ3) is 3.99. The summed E-state index contributed by atoms with van der Waals surface area (Å²) < 4.78 is 0. The third-order valence-electron chi connectivity index (χ3n) is 4.57. The highest BCUT2D eigenvalue weighted by molar-refractivity contribution is 5.92. The number of hydrogen-bond acceptors (Lipinski definition) is 4. The van der Waals surface area contributed by atoms with Crippen molar-refractivity contribution in [3.63, 3.8) is 0 Å². The van der Waals surface area contributed by atoms with Crippen LogP contribution in [0, 0.1) is 5.92 Å². The van der Waals surface area contributed by atoms with Crippen molar-refractivity contribution < 1.29 is 15.0 Å². The van der Waals surface area contributed by atoms with Gasteiger partial charge in [0.2, 0.25) is 0 Å². The van der Waals surface area contributed by atoms with Crippen molar-refractivity contribution in [3.8, 4) is 0 Å². The minimum Gasteiger partial charge on any atom is -0.393 e. The summed E-state index contributed by atoms with van der Waals surface area (Å²) in [6.07, 6.45) is 3.41. The number of hydrogen-bond donors (Lipinski definition) is 3. The van der Waals surface area contributed by atoms with Crippen LogP contribution in [0.2, 0.25) is 0 Å². The summed E-state index contributed by atoms with van der Waals surface area (Å²) in [6, 6.07) is 13.3. The second kappa shape index (κ2) is 7.55. The molecule has 1 aliphatic rings. The van der Waals surface area contributed by atoms with Gasteiger partial charge in [0.1, 0.15) is 5.69 Å². The summed E-state index contributed by atoms with van der Waals surface area (Å²) in [4.78, 5) is 16.6. The molecule has 0 bridgehead atoms. The number of nitrogens with zero attached hydrogens (tertiary/aromatic N) is 1. The SMILES string of the molecule is O=C(N[C@@H](Cc1ccccc1)C1CC(O)C1)c1cc(CO)ccn1. The molecule has 0 radical (unpaired) electrons. The fourth-order valence-corrected chi connectivity index (χ4v) is 3.10. The number of amides is 1. The van der Waals surface area contributed by atoms with Gasteiger partial charge in [-0.1, -0.05) is 30.3 Å². The molecule has 2 aromatic rings. The Hall–Kier alpha value is -2.24. The minimum atomic E-state index is -0.263. The van der Waals surface area contributed by atoms with Crippen LogP contribution < -0.4 is 5.32 Å². The van der Waals surface area contributed by atoms with Crippen LogP contribution in [0.1, 0.15) is 34.5 Å². The summed E-state index contributed by atoms with van der Waals surface area (Å²) >= 11 is 0. The molecule has 126 valence electrons. The zero-order valence-electron chi connectivity index (χ0n) is 13.4. The van der Waals surface area contributed by atoms with E-state index < -0.39 is 0 Å². The minimum absolute atomic E-state index is 0.0390. The predicted molar refractivity (Wildman–Crippen MR) is 90.3 cm³/mol. The molecule has 3 N–H and O–H groups in total. The Labute approximate surface area is 141 Å². The number of carbonyl (C=O) groups excluding carboxylic acids is 1. The standard InChI is InChI=1S/C19H22N2O3/c22-12-14-6-7-20-18(9-14)19(24)21-17(15-10-16(23)11-15)8-13-4-2-1-3-5-13/h1-7,9,15-17,22-23H,8,10-12H2,(H,21,24)/t15?,16?,17-/m0/s1. The first-order valence-corrected chi connectivity index (χ1v) is 8.24. The lowest BCUT2D eigenvalue weighted by Crippen LogP contribution is -2.48. The number of rotatable bonds is 6. The van der Waals surface area contributed by atoms with E-state index in [9.17, 15) is 15.0 Å². The topological polar surface area (TPSA) is 82.5 Å². The first-order chi connectivity index (χ1) is 11.7. The van der Waals surface area contributed by atoms with Gasteiger partial charge in [0, 0.05) is 12.2 Å². The summed E-state index contributed by atoms with van der Waals surface area (Å²) in [5.74, 6) is 0.0257. The fourth-order valence-electron chi connectivity index (χ4n) is 3.10. The molecule has 0 unspecified atom stereocenters. The van der Waals surface area contributed by atoms with Crippen molar-refractivity contribution in [2.24, 2.45) is 5.92 Å². The molecule has 1 fully saturated rings. The first kappa shape index (κ1) is 16.6. The van der Waals surface area contributed by atoms with Crippen LogP contribution in [0.4, 0.5) is 0 Å². The number of aromatic nitrogens is 1.